The summed E-state index contributed by atoms with van der Waals surface area (Å²) >= 11 is 0. The molecule has 6 aromatic rings. The number of hydrogen-bond donors (Lipinski definition) is 1. The third kappa shape index (κ3) is 4.18. The average molecular weight is 478 g/mol. The van der Waals surface area contributed by atoms with Gasteiger partial charge in [0.1, 0.15) is 17.1 Å². The highest BCUT2D eigenvalue weighted by molar-refractivity contribution is 5.95. The Hall–Kier alpha value is -4.92. The number of halogens is 1. The summed E-state index contributed by atoms with van der Waals surface area (Å²) in [7, 11) is 0. The van der Waals surface area contributed by atoms with Crippen molar-refractivity contribution in [3.63, 3.8) is 0 Å². The maximum Gasteiger partial charge on any atom is 0.254 e. The largest absolute Gasteiger partial charge is 0.467 e. The molecule has 0 bridgehead atoms. The van der Waals surface area contributed by atoms with E-state index in [0.717, 1.165) is 16.5 Å². The first-order valence-electron chi connectivity index (χ1n) is 11.3. The molecular weight excluding hydrogens is 459 g/mol. The summed E-state index contributed by atoms with van der Waals surface area (Å²) in [5, 5.41) is 12.2. The van der Waals surface area contributed by atoms with Gasteiger partial charge in [0, 0.05) is 17.1 Å². The predicted octanol–water partition coefficient (Wildman–Crippen LogP) is 4.75. The van der Waals surface area contributed by atoms with Gasteiger partial charge in [-0.1, -0.05) is 23.4 Å². The number of nitrogens with one attached hydrogen (secondary N) is 1. The average Bonchev–Trinajstić information content (AvgIpc) is 3.57. The number of rotatable bonds is 6. The lowest BCUT2D eigenvalue weighted by molar-refractivity contribution is 0.0944. The van der Waals surface area contributed by atoms with Crippen LogP contribution >= 0.6 is 0 Å². The second-order valence-electron chi connectivity index (χ2n) is 8.27. The number of benzene rings is 2. The maximum atomic E-state index is 14.9. The minimum atomic E-state index is -0.636. The zero-order valence-corrected chi connectivity index (χ0v) is 18.9. The van der Waals surface area contributed by atoms with Gasteiger partial charge in [-0.05, 0) is 60.2 Å². The molecule has 0 fully saturated rings. The molecule has 1 N–H and O–H groups in total. The van der Waals surface area contributed by atoms with Crippen LogP contribution in [0, 0.1) is 5.82 Å². The monoisotopic (exact) mass is 478 g/mol. The van der Waals surface area contributed by atoms with Crippen LogP contribution in [0.3, 0.4) is 0 Å². The van der Waals surface area contributed by atoms with Crippen LogP contribution in [-0.4, -0.2) is 30.9 Å². The summed E-state index contributed by atoms with van der Waals surface area (Å²) in [4.78, 5) is 21.5. The van der Waals surface area contributed by atoms with Crippen LogP contribution in [-0.2, 0) is 13.1 Å². The number of carbonyl (C=O) groups is 1. The zero-order valence-electron chi connectivity index (χ0n) is 18.9. The molecule has 8 nitrogen and oxygen atoms in total. The fourth-order valence-electron chi connectivity index (χ4n) is 4.05. The van der Waals surface area contributed by atoms with Crippen molar-refractivity contribution in [3.8, 4) is 11.3 Å². The van der Waals surface area contributed by atoms with Crippen molar-refractivity contribution >= 4 is 28.0 Å². The van der Waals surface area contributed by atoms with Gasteiger partial charge < -0.3 is 9.73 Å². The normalized spacial score (nSPS) is 11.2. The maximum absolute atomic E-state index is 14.9. The third-order valence-corrected chi connectivity index (χ3v) is 5.87. The molecule has 0 aliphatic rings. The lowest BCUT2D eigenvalue weighted by atomic mass is 10.1. The van der Waals surface area contributed by atoms with E-state index in [1.54, 1.807) is 41.2 Å². The SMILES string of the molecule is O=C(NCc1ccco1)c1ccc(-c2ccc3nnn(Cc4ccc5ncccc5c4)c3n2)cc1F. The Labute approximate surface area is 204 Å². The Bertz CT molecular complexity index is 1710. The van der Waals surface area contributed by atoms with E-state index < -0.39 is 11.7 Å². The molecular formula is C27H19FN6O2. The summed E-state index contributed by atoms with van der Waals surface area (Å²) in [6, 6.07) is 21.4. The van der Waals surface area contributed by atoms with Crippen molar-refractivity contribution in [1.82, 2.24) is 30.3 Å². The molecule has 0 atom stereocenters. The van der Waals surface area contributed by atoms with Crippen molar-refractivity contribution < 1.29 is 13.6 Å². The van der Waals surface area contributed by atoms with Gasteiger partial charge >= 0.3 is 0 Å². The summed E-state index contributed by atoms with van der Waals surface area (Å²) in [5.74, 6) is -0.571. The molecule has 176 valence electrons. The number of furan rings is 1. The second-order valence-corrected chi connectivity index (χ2v) is 8.27. The molecule has 36 heavy (non-hydrogen) atoms. The van der Waals surface area contributed by atoms with E-state index in [2.05, 4.69) is 26.7 Å². The summed E-state index contributed by atoms with van der Waals surface area (Å²) in [5.41, 5.74) is 4.21. The molecule has 0 saturated heterocycles. The van der Waals surface area contributed by atoms with Crippen LogP contribution in [0.1, 0.15) is 21.7 Å². The van der Waals surface area contributed by atoms with Crippen molar-refractivity contribution in [2.45, 2.75) is 13.1 Å². The van der Waals surface area contributed by atoms with E-state index in [-0.39, 0.29) is 12.1 Å². The number of pyridine rings is 2. The Morgan fingerprint density at radius 3 is 2.78 bits per heavy atom. The van der Waals surface area contributed by atoms with Gasteiger partial charge in [0.05, 0.1) is 36.1 Å². The van der Waals surface area contributed by atoms with Crippen LogP contribution in [0.25, 0.3) is 33.3 Å². The van der Waals surface area contributed by atoms with Crippen LogP contribution in [0.15, 0.2) is 89.7 Å². The molecule has 9 heteroatoms. The summed E-state index contributed by atoms with van der Waals surface area (Å²) in [6.07, 6.45) is 3.28. The standard InChI is InChI=1S/C27H19FN6O2/c28-22-14-19(6-7-21(22)27(35)30-15-20-4-2-12-36-20)24-9-10-25-26(31-24)34(33-32-25)16-17-5-8-23-18(13-17)3-1-11-29-23/h1-14H,15-16H2,(H,30,35). The summed E-state index contributed by atoms with van der Waals surface area (Å²) < 4.78 is 21.8. The first-order valence-corrected chi connectivity index (χ1v) is 11.3. The van der Waals surface area contributed by atoms with Crippen LogP contribution < -0.4 is 5.32 Å². The lowest BCUT2D eigenvalue weighted by Crippen LogP contribution is -2.23. The number of nitrogens with zero attached hydrogens (tertiary/aromatic N) is 5. The molecule has 0 radical (unpaired) electrons. The van der Waals surface area contributed by atoms with Crippen molar-refractivity contribution in [3.05, 3.63) is 108 Å². The van der Waals surface area contributed by atoms with Gasteiger partial charge in [0.25, 0.3) is 5.91 Å². The van der Waals surface area contributed by atoms with E-state index in [4.69, 9.17) is 9.40 Å². The Balaban J connectivity index is 1.25. The Morgan fingerprint density at radius 2 is 1.92 bits per heavy atom. The molecule has 0 spiro atoms. The van der Waals surface area contributed by atoms with Gasteiger partial charge in [0.2, 0.25) is 0 Å². The highest BCUT2D eigenvalue weighted by Gasteiger charge is 2.15. The molecule has 2 aromatic carbocycles. The molecule has 1 amide bonds. The topological polar surface area (TPSA) is 98.7 Å². The number of carbonyl (C=O) groups excluding carboxylic acids is 1. The van der Waals surface area contributed by atoms with Gasteiger partial charge in [-0.25, -0.2) is 14.1 Å². The van der Waals surface area contributed by atoms with Gasteiger partial charge in [-0.15, -0.1) is 5.10 Å². The molecule has 0 aliphatic heterocycles. The molecule has 0 unspecified atom stereocenters. The van der Waals surface area contributed by atoms with E-state index >= 15 is 0 Å². The summed E-state index contributed by atoms with van der Waals surface area (Å²) in [6.45, 7) is 0.650. The highest BCUT2D eigenvalue weighted by Crippen LogP contribution is 2.23. The van der Waals surface area contributed by atoms with Gasteiger partial charge in [-0.3, -0.25) is 9.78 Å². The molecule has 0 saturated carbocycles. The minimum Gasteiger partial charge on any atom is -0.467 e. The van der Waals surface area contributed by atoms with Crippen molar-refractivity contribution in [1.29, 1.82) is 0 Å². The van der Waals surface area contributed by atoms with E-state index in [1.807, 2.05) is 24.3 Å². The zero-order chi connectivity index (χ0) is 24.5. The fourth-order valence-corrected chi connectivity index (χ4v) is 4.05. The van der Waals surface area contributed by atoms with Crippen molar-refractivity contribution in [2.24, 2.45) is 0 Å². The van der Waals surface area contributed by atoms with Crippen LogP contribution in [0.5, 0.6) is 0 Å². The molecule has 6 rings (SSSR count). The number of hydrogen-bond acceptors (Lipinski definition) is 6. The molecule has 4 heterocycles. The minimum absolute atomic E-state index is 0.0520. The van der Waals surface area contributed by atoms with Crippen LogP contribution in [0.2, 0.25) is 0 Å². The van der Waals surface area contributed by atoms with Crippen molar-refractivity contribution in [2.75, 3.05) is 0 Å². The first kappa shape index (κ1) is 21.6. The predicted molar refractivity (Wildman–Crippen MR) is 131 cm³/mol. The molecule has 0 aliphatic carbocycles. The third-order valence-electron chi connectivity index (χ3n) is 5.87. The number of aromatic nitrogens is 5. The number of amides is 1. The van der Waals surface area contributed by atoms with Gasteiger partial charge in [0.15, 0.2) is 5.65 Å². The van der Waals surface area contributed by atoms with E-state index in [0.29, 0.717) is 34.7 Å². The smallest absolute Gasteiger partial charge is 0.254 e. The Morgan fingerprint density at radius 1 is 1.00 bits per heavy atom. The van der Waals surface area contributed by atoms with Crippen LogP contribution in [0.4, 0.5) is 4.39 Å². The van der Waals surface area contributed by atoms with E-state index in [9.17, 15) is 9.18 Å². The number of fused-ring (bicyclic) bond motifs is 2. The first-order chi connectivity index (χ1) is 17.6. The Kier molecular flexibility index (Phi) is 5.42. The quantitative estimate of drug-likeness (QED) is 0.371. The molecule has 4 aromatic heterocycles. The van der Waals surface area contributed by atoms with E-state index in [1.165, 1.54) is 18.4 Å². The fraction of sp³-hybridized carbons (Fsp3) is 0.0741. The second kappa shape index (κ2) is 9.03. The lowest BCUT2D eigenvalue weighted by Gasteiger charge is -2.08. The highest BCUT2D eigenvalue weighted by atomic mass is 19.1. The van der Waals surface area contributed by atoms with Gasteiger partial charge in [-0.2, -0.15) is 0 Å².